The zero-order chi connectivity index (χ0) is 12.2. The number of ether oxygens (including phenoxy) is 1. The van der Waals surface area contributed by atoms with Gasteiger partial charge in [-0.25, -0.2) is 0 Å². The van der Waals surface area contributed by atoms with E-state index < -0.39 is 11.4 Å². The predicted molar refractivity (Wildman–Crippen MR) is 56.9 cm³/mol. The Bertz CT molecular complexity index is 337. The number of allylic oxidation sites excluding steroid dienone is 1. The Morgan fingerprint density at radius 1 is 1.69 bits per heavy atom. The van der Waals surface area contributed by atoms with Gasteiger partial charge in [0.2, 0.25) is 0 Å². The summed E-state index contributed by atoms with van der Waals surface area (Å²) in [6, 6.07) is 0. The largest absolute Gasteiger partial charge is 0.392 e. The summed E-state index contributed by atoms with van der Waals surface area (Å²) in [5, 5.41) is 13.7. The maximum absolute atomic E-state index is 11.2. The molecule has 2 atom stereocenters. The van der Waals surface area contributed by atoms with Crippen LogP contribution < -0.4 is 0 Å². The first-order valence-electron chi connectivity index (χ1n) is 5.10. The molecule has 1 saturated heterocycles. The second kappa shape index (κ2) is 5.03. The van der Waals surface area contributed by atoms with Crippen LogP contribution in [0.15, 0.2) is 12.2 Å². The van der Waals surface area contributed by atoms with Gasteiger partial charge in [-0.05, 0) is 19.8 Å². The molecule has 1 heterocycles. The number of carbonyl (C=O) groups excluding carboxylic acids is 2. The third-order valence-corrected chi connectivity index (χ3v) is 2.82. The number of fused-ring (bicyclic) bond motifs is 1. The fraction of sp³-hybridized carbons (Fsp3) is 0.545. The maximum atomic E-state index is 11.2. The molecule has 0 aromatic carbocycles. The molecule has 0 amide bonds. The van der Waals surface area contributed by atoms with Gasteiger partial charge >= 0.3 is 11.9 Å². The van der Waals surface area contributed by atoms with E-state index in [2.05, 4.69) is 4.74 Å². The average Bonchev–Trinajstić information content (AvgIpc) is 2.51. The van der Waals surface area contributed by atoms with E-state index >= 15 is 0 Å². The van der Waals surface area contributed by atoms with Crippen LogP contribution in [-0.4, -0.2) is 29.9 Å². The number of aliphatic hydroxyl groups is 1. The number of nitrogens with one attached hydrogen (secondary N) is 1. The van der Waals surface area contributed by atoms with Crippen molar-refractivity contribution in [3.05, 3.63) is 12.2 Å². The molecule has 0 spiro atoms. The van der Waals surface area contributed by atoms with Gasteiger partial charge in [-0.1, -0.05) is 12.2 Å². The van der Waals surface area contributed by atoms with E-state index in [1.54, 1.807) is 13.0 Å². The molecular weight excluding hydrogens is 210 g/mol. The van der Waals surface area contributed by atoms with Crippen molar-refractivity contribution in [2.45, 2.75) is 19.8 Å². The van der Waals surface area contributed by atoms with Crippen LogP contribution in [0.25, 0.3) is 0 Å². The zero-order valence-electron chi connectivity index (χ0n) is 9.10. The van der Waals surface area contributed by atoms with Crippen molar-refractivity contribution in [2.75, 3.05) is 6.61 Å². The highest BCUT2D eigenvalue weighted by Gasteiger charge is 2.53. The van der Waals surface area contributed by atoms with E-state index in [0.29, 0.717) is 0 Å². The van der Waals surface area contributed by atoms with Gasteiger partial charge in [0.1, 0.15) is 0 Å². The number of cyclic esters (lactones) is 2. The zero-order valence-corrected chi connectivity index (χ0v) is 9.10. The van der Waals surface area contributed by atoms with Gasteiger partial charge in [-0.15, -0.1) is 0 Å². The molecule has 2 rings (SSSR count). The molecule has 0 radical (unpaired) electrons. The van der Waals surface area contributed by atoms with Crippen LogP contribution in [-0.2, 0) is 14.3 Å². The second-order valence-electron chi connectivity index (χ2n) is 3.91. The van der Waals surface area contributed by atoms with Crippen LogP contribution in [0.4, 0.5) is 0 Å². The highest BCUT2D eigenvalue weighted by molar-refractivity contribution is 6.00. The summed E-state index contributed by atoms with van der Waals surface area (Å²) in [5.74, 6) is -0.990. The molecule has 0 aromatic rings. The van der Waals surface area contributed by atoms with Gasteiger partial charge in [-0.2, -0.15) is 0 Å². The summed E-state index contributed by atoms with van der Waals surface area (Å²) in [5.41, 5.74) is -0.671. The van der Waals surface area contributed by atoms with Crippen LogP contribution >= 0.6 is 0 Å². The Morgan fingerprint density at radius 3 is 2.81 bits per heavy atom. The molecule has 5 nitrogen and oxygen atoms in total. The van der Waals surface area contributed by atoms with E-state index in [-0.39, 0.29) is 18.5 Å². The van der Waals surface area contributed by atoms with Gasteiger partial charge in [0.15, 0.2) is 0 Å². The van der Waals surface area contributed by atoms with Crippen molar-refractivity contribution in [1.29, 1.82) is 5.41 Å². The SMILES string of the molecule is CC12C=CCCC1C(=O)OC2=O.N=CCO. The number of carbonyl (C=O) groups is 2. The number of hydrogen-bond acceptors (Lipinski definition) is 5. The van der Waals surface area contributed by atoms with Crippen LogP contribution in [0.1, 0.15) is 19.8 Å². The Labute approximate surface area is 93.6 Å². The molecule has 1 fully saturated rings. The molecule has 1 aliphatic carbocycles. The van der Waals surface area contributed by atoms with Crippen molar-refractivity contribution in [1.82, 2.24) is 0 Å². The summed E-state index contributed by atoms with van der Waals surface area (Å²) >= 11 is 0. The normalized spacial score (nSPS) is 31.2. The minimum atomic E-state index is -0.671. The smallest absolute Gasteiger partial charge is 0.324 e. The molecule has 0 aromatic heterocycles. The summed E-state index contributed by atoms with van der Waals surface area (Å²) < 4.78 is 4.58. The summed E-state index contributed by atoms with van der Waals surface area (Å²) in [6.45, 7) is 1.63. The van der Waals surface area contributed by atoms with Crippen molar-refractivity contribution in [3.8, 4) is 0 Å². The lowest BCUT2D eigenvalue weighted by Crippen LogP contribution is -2.30. The fourth-order valence-electron chi connectivity index (χ4n) is 1.85. The molecule has 0 saturated carbocycles. The minimum Gasteiger partial charge on any atom is -0.392 e. The molecular formula is C11H15NO4. The first-order chi connectivity index (χ1) is 7.56. The average molecular weight is 225 g/mol. The Hall–Kier alpha value is -1.49. The lowest BCUT2D eigenvalue weighted by molar-refractivity contribution is -0.154. The number of rotatable bonds is 1. The molecule has 2 unspecified atom stereocenters. The van der Waals surface area contributed by atoms with Crippen LogP contribution in [0.5, 0.6) is 0 Å². The molecule has 0 bridgehead atoms. The summed E-state index contributed by atoms with van der Waals surface area (Å²) in [6.07, 6.45) is 6.27. The van der Waals surface area contributed by atoms with Gasteiger partial charge < -0.3 is 15.3 Å². The molecule has 88 valence electrons. The number of aliphatic hydroxyl groups excluding tert-OH is 1. The number of hydrogen-bond donors (Lipinski definition) is 2. The highest BCUT2D eigenvalue weighted by atomic mass is 16.6. The molecule has 5 heteroatoms. The first kappa shape index (κ1) is 12.6. The number of esters is 2. The van der Waals surface area contributed by atoms with E-state index in [1.807, 2.05) is 6.08 Å². The fourth-order valence-corrected chi connectivity index (χ4v) is 1.85. The predicted octanol–water partition coefficient (Wildman–Crippen LogP) is 0.671. The third kappa shape index (κ3) is 2.19. The van der Waals surface area contributed by atoms with Gasteiger partial charge in [0.25, 0.3) is 0 Å². The topological polar surface area (TPSA) is 87.5 Å². The van der Waals surface area contributed by atoms with Crippen LogP contribution in [0.2, 0.25) is 0 Å². The Balaban J connectivity index is 0.000000280. The van der Waals surface area contributed by atoms with E-state index in [1.165, 1.54) is 0 Å². The summed E-state index contributed by atoms with van der Waals surface area (Å²) in [4.78, 5) is 22.4. The standard InChI is InChI=1S/C9H10O3.C2H5NO/c1-9-5-3-2-4-6(9)7(10)12-8(9)11;3-1-2-4/h3,5-6H,2,4H2,1H3;1,3-4H,2H2. The van der Waals surface area contributed by atoms with E-state index in [9.17, 15) is 9.59 Å². The summed E-state index contributed by atoms with van der Waals surface area (Å²) in [7, 11) is 0. The van der Waals surface area contributed by atoms with Gasteiger partial charge in [-0.3, -0.25) is 9.59 Å². The quantitative estimate of drug-likeness (QED) is 0.297. The van der Waals surface area contributed by atoms with Crippen molar-refractivity contribution < 1.29 is 19.4 Å². The van der Waals surface area contributed by atoms with Crippen molar-refractivity contribution in [2.24, 2.45) is 11.3 Å². The lowest BCUT2D eigenvalue weighted by Gasteiger charge is -2.24. The van der Waals surface area contributed by atoms with Gasteiger partial charge in [0, 0.05) is 6.21 Å². The molecule has 2 N–H and O–H groups in total. The third-order valence-electron chi connectivity index (χ3n) is 2.82. The van der Waals surface area contributed by atoms with Crippen molar-refractivity contribution in [3.63, 3.8) is 0 Å². The second-order valence-corrected chi connectivity index (χ2v) is 3.91. The van der Waals surface area contributed by atoms with Crippen LogP contribution in [0.3, 0.4) is 0 Å². The molecule has 1 aliphatic heterocycles. The Kier molecular flexibility index (Phi) is 3.95. The van der Waals surface area contributed by atoms with E-state index in [4.69, 9.17) is 10.5 Å². The van der Waals surface area contributed by atoms with Crippen molar-refractivity contribution >= 4 is 18.2 Å². The van der Waals surface area contributed by atoms with E-state index in [0.717, 1.165) is 19.1 Å². The molecule has 2 aliphatic rings. The molecule has 16 heavy (non-hydrogen) atoms. The minimum absolute atomic E-state index is 0.139. The monoisotopic (exact) mass is 225 g/mol. The van der Waals surface area contributed by atoms with Gasteiger partial charge in [0.05, 0.1) is 17.9 Å². The maximum Gasteiger partial charge on any atom is 0.324 e. The highest BCUT2D eigenvalue weighted by Crippen LogP contribution is 2.42. The Morgan fingerprint density at radius 2 is 2.31 bits per heavy atom. The lowest BCUT2D eigenvalue weighted by atomic mass is 9.73. The first-order valence-corrected chi connectivity index (χ1v) is 5.10. The van der Waals surface area contributed by atoms with Crippen LogP contribution in [0, 0.1) is 16.7 Å².